The highest BCUT2D eigenvalue weighted by atomic mass is 35.5. The molecule has 1 aromatic carbocycles. The van der Waals surface area contributed by atoms with Crippen LogP contribution in [0.15, 0.2) is 35.0 Å². The summed E-state index contributed by atoms with van der Waals surface area (Å²) in [5.74, 6) is -0.108. The molecule has 2 aromatic rings. The van der Waals surface area contributed by atoms with Crippen LogP contribution in [0.2, 0.25) is 0 Å². The van der Waals surface area contributed by atoms with Gasteiger partial charge in [0.25, 0.3) is 5.91 Å². The number of amides is 2. The molecule has 0 spiro atoms. The fraction of sp³-hybridized carbons (Fsp3) is 0.450. The Bertz CT molecular complexity index is 881. The molecular weight excluding hydrogens is 396 g/mol. The fourth-order valence-electron chi connectivity index (χ4n) is 3.42. The number of anilines is 2. The van der Waals surface area contributed by atoms with Crippen LogP contribution in [0.3, 0.4) is 0 Å². The molecule has 0 radical (unpaired) electrons. The Morgan fingerprint density at radius 1 is 1.24 bits per heavy atom. The first-order chi connectivity index (χ1) is 13.2. The number of hydrogen-bond acceptors (Lipinski definition) is 6. The van der Waals surface area contributed by atoms with Crippen molar-refractivity contribution in [2.45, 2.75) is 45.8 Å². The summed E-state index contributed by atoms with van der Waals surface area (Å²) in [6.07, 6.45) is 1.81. The van der Waals surface area contributed by atoms with Crippen LogP contribution in [0.25, 0.3) is 0 Å². The number of benzene rings is 1. The Hall–Kier alpha value is -2.42. The van der Waals surface area contributed by atoms with Crippen LogP contribution in [-0.4, -0.2) is 35.2 Å². The van der Waals surface area contributed by atoms with Crippen molar-refractivity contribution in [3.05, 3.63) is 41.8 Å². The molecule has 0 saturated heterocycles. The predicted molar refractivity (Wildman–Crippen MR) is 112 cm³/mol. The van der Waals surface area contributed by atoms with Crippen molar-refractivity contribution < 1.29 is 18.8 Å². The number of hydrogen-bond donors (Lipinski definition) is 3. The van der Waals surface area contributed by atoms with Crippen LogP contribution in [0.5, 0.6) is 0 Å². The molecule has 8 nitrogen and oxygen atoms in total. The van der Waals surface area contributed by atoms with Crippen molar-refractivity contribution in [3.63, 3.8) is 0 Å². The Morgan fingerprint density at radius 2 is 1.83 bits per heavy atom. The highest BCUT2D eigenvalue weighted by Crippen LogP contribution is 2.50. The van der Waals surface area contributed by atoms with Crippen molar-refractivity contribution in [2.24, 2.45) is 11.1 Å². The van der Waals surface area contributed by atoms with E-state index in [0.717, 1.165) is 0 Å². The van der Waals surface area contributed by atoms with Gasteiger partial charge in [-0.2, -0.15) is 0 Å². The second-order valence-corrected chi connectivity index (χ2v) is 7.62. The zero-order valence-electron chi connectivity index (χ0n) is 16.9. The Labute approximate surface area is 175 Å². The van der Waals surface area contributed by atoms with Crippen LogP contribution in [-0.2, 0) is 9.53 Å². The molecule has 1 aliphatic rings. The topological polar surface area (TPSA) is 119 Å². The lowest BCUT2D eigenvalue weighted by Gasteiger charge is -2.57. The molecular formula is C20H27ClN4O4. The normalized spacial score (nSPS) is 22.2. The molecule has 1 aromatic heterocycles. The summed E-state index contributed by atoms with van der Waals surface area (Å²) in [7, 11) is 0. The second-order valence-electron chi connectivity index (χ2n) is 7.62. The number of halogens is 1. The van der Waals surface area contributed by atoms with E-state index in [9.17, 15) is 9.59 Å². The second kappa shape index (κ2) is 8.52. The average Bonchev–Trinajstić information content (AvgIpc) is 3.09. The van der Waals surface area contributed by atoms with Gasteiger partial charge in [-0.15, -0.1) is 12.4 Å². The maximum absolute atomic E-state index is 12.8. The van der Waals surface area contributed by atoms with Crippen molar-refractivity contribution in [1.82, 2.24) is 5.16 Å². The summed E-state index contributed by atoms with van der Waals surface area (Å²) in [5, 5.41) is 9.21. The summed E-state index contributed by atoms with van der Waals surface area (Å²) in [5.41, 5.74) is 6.50. The summed E-state index contributed by atoms with van der Waals surface area (Å²) in [4.78, 5) is 24.9. The van der Waals surface area contributed by atoms with Gasteiger partial charge in [-0.3, -0.25) is 9.59 Å². The summed E-state index contributed by atoms with van der Waals surface area (Å²) in [6, 6.07) is 6.83. The van der Waals surface area contributed by atoms with Gasteiger partial charge in [0.1, 0.15) is 16.9 Å². The molecule has 0 bridgehead atoms. The first kappa shape index (κ1) is 22.9. The maximum atomic E-state index is 12.8. The smallest absolute Gasteiger partial charge is 0.260 e. The Kier molecular flexibility index (Phi) is 6.72. The third kappa shape index (κ3) is 4.14. The van der Waals surface area contributed by atoms with E-state index < -0.39 is 11.0 Å². The number of nitrogens with two attached hydrogens (primary N) is 1. The van der Waals surface area contributed by atoms with E-state index >= 15 is 0 Å². The van der Waals surface area contributed by atoms with E-state index in [1.54, 1.807) is 31.2 Å². The average molecular weight is 423 g/mol. The number of nitrogens with zero attached hydrogens (tertiary/aromatic N) is 1. The molecule has 4 N–H and O–H groups in total. The van der Waals surface area contributed by atoms with E-state index in [-0.39, 0.29) is 30.3 Å². The van der Waals surface area contributed by atoms with Crippen molar-refractivity contribution in [2.75, 3.05) is 17.2 Å². The number of aromatic nitrogens is 1. The lowest BCUT2D eigenvalue weighted by atomic mass is 9.54. The summed E-state index contributed by atoms with van der Waals surface area (Å²) >= 11 is 0. The third-order valence-electron chi connectivity index (χ3n) is 5.63. The number of aryl methyl sites for hydroxylation is 1. The van der Waals surface area contributed by atoms with Crippen LogP contribution < -0.4 is 16.4 Å². The molecule has 1 saturated carbocycles. The van der Waals surface area contributed by atoms with Crippen molar-refractivity contribution in [3.8, 4) is 0 Å². The number of carbonyl (C=O) groups excluding carboxylic acids is 2. The van der Waals surface area contributed by atoms with Crippen molar-refractivity contribution in [1.29, 1.82) is 0 Å². The minimum Gasteiger partial charge on any atom is -0.378 e. The number of ether oxygens (including phenoxy) is 1. The number of rotatable bonds is 6. The summed E-state index contributed by atoms with van der Waals surface area (Å²) in [6.45, 7) is 8.08. The van der Waals surface area contributed by atoms with Gasteiger partial charge in [0.15, 0.2) is 0 Å². The van der Waals surface area contributed by atoms with Gasteiger partial charge in [-0.25, -0.2) is 0 Å². The van der Waals surface area contributed by atoms with Crippen LogP contribution in [0, 0.1) is 12.3 Å². The van der Waals surface area contributed by atoms with Crippen molar-refractivity contribution >= 4 is 35.6 Å². The molecule has 1 heterocycles. The molecule has 0 aliphatic heterocycles. The minimum atomic E-state index is -0.995. The lowest BCUT2D eigenvalue weighted by molar-refractivity contribution is -0.166. The predicted octanol–water partition coefficient (Wildman–Crippen LogP) is 3.13. The number of nitrogens with one attached hydrogen (secondary N) is 2. The standard InChI is InChI=1S/C20H26N4O4.ClH/c1-5-27-16-10-20(21,19(16,3)4)18(26)24-14-8-6-13(7-9-14)23-17(25)15-11-22-28-12(15)2;/h6-9,11,16H,5,10,21H2,1-4H3,(H,23,25)(H,24,26);1H. The monoisotopic (exact) mass is 422 g/mol. The Balaban J connectivity index is 0.00000300. The van der Waals surface area contributed by atoms with E-state index in [1.807, 2.05) is 20.8 Å². The van der Waals surface area contributed by atoms with Crippen LogP contribution in [0.4, 0.5) is 11.4 Å². The number of carbonyl (C=O) groups is 2. The largest absolute Gasteiger partial charge is 0.378 e. The zero-order chi connectivity index (χ0) is 20.5. The SMILES string of the molecule is CCOC1CC(N)(C(=O)Nc2ccc(NC(=O)c3cnoc3C)cc2)C1(C)C.Cl. The van der Waals surface area contributed by atoms with Gasteiger partial charge in [0, 0.05) is 29.8 Å². The first-order valence-electron chi connectivity index (χ1n) is 9.23. The third-order valence-corrected chi connectivity index (χ3v) is 5.63. The zero-order valence-corrected chi connectivity index (χ0v) is 17.8. The highest BCUT2D eigenvalue weighted by Gasteiger charge is 2.62. The fourth-order valence-corrected chi connectivity index (χ4v) is 3.42. The van der Waals surface area contributed by atoms with Gasteiger partial charge in [0.2, 0.25) is 5.91 Å². The first-order valence-corrected chi connectivity index (χ1v) is 9.23. The molecule has 1 aliphatic carbocycles. The lowest BCUT2D eigenvalue weighted by Crippen LogP contribution is -2.74. The molecule has 2 amide bonds. The van der Waals surface area contributed by atoms with Gasteiger partial charge >= 0.3 is 0 Å². The maximum Gasteiger partial charge on any atom is 0.260 e. The molecule has 2 unspecified atom stereocenters. The van der Waals surface area contributed by atoms with Gasteiger partial charge < -0.3 is 25.6 Å². The van der Waals surface area contributed by atoms with Crippen LogP contribution in [0.1, 0.15) is 43.3 Å². The summed E-state index contributed by atoms with van der Waals surface area (Å²) < 4.78 is 10.6. The molecule has 29 heavy (non-hydrogen) atoms. The minimum absolute atomic E-state index is 0. The molecule has 9 heteroatoms. The Morgan fingerprint density at radius 3 is 2.31 bits per heavy atom. The molecule has 158 valence electrons. The quantitative estimate of drug-likeness (QED) is 0.657. The molecule has 1 fully saturated rings. The van der Waals surface area contributed by atoms with Gasteiger partial charge in [-0.05, 0) is 38.1 Å². The van der Waals surface area contributed by atoms with E-state index in [1.165, 1.54) is 6.20 Å². The van der Waals surface area contributed by atoms with E-state index in [2.05, 4.69) is 15.8 Å². The van der Waals surface area contributed by atoms with E-state index in [0.29, 0.717) is 35.7 Å². The molecule has 3 rings (SSSR count). The highest BCUT2D eigenvalue weighted by molar-refractivity contribution is 6.05. The van der Waals surface area contributed by atoms with Gasteiger partial charge in [0.05, 0.1) is 12.3 Å². The van der Waals surface area contributed by atoms with E-state index in [4.69, 9.17) is 15.0 Å². The van der Waals surface area contributed by atoms with Crippen LogP contribution >= 0.6 is 12.4 Å². The van der Waals surface area contributed by atoms with Gasteiger partial charge in [-0.1, -0.05) is 19.0 Å². The molecule has 2 atom stereocenters.